The Morgan fingerprint density at radius 3 is 1.96 bits per heavy atom. The molecule has 0 saturated carbocycles. The highest BCUT2D eigenvalue weighted by Gasteiger charge is 2.36. The molecule has 4 aromatic carbocycles. The molecule has 0 radical (unpaired) electrons. The largest absolute Gasteiger partial charge is 0.0622 e. The van der Waals surface area contributed by atoms with Crippen molar-refractivity contribution in [2.75, 3.05) is 0 Å². The molecule has 0 fully saturated rings. The van der Waals surface area contributed by atoms with E-state index >= 15 is 0 Å². The summed E-state index contributed by atoms with van der Waals surface area (Å²) in [6.07, 6.45) is 0. The third kappa shape index (κ3) is 2.52. The predicted molar refractivity (Wildman–Crippen MR) is 120 cm³/mol. The van der Waals surface area contributed by atoms with E-state index < -0.39 is 0 Å². The highest BCUT2D eigenvalue weighted by Crippen LogP contribution is 2.52. The summed E-state index contributed by atoms with van der Waals surface area (Å²) in [7, 11) is 0. The molecule has 28 heavy (non-hydrogen) atoms. The molecule has 1 aliphatic rings. The first-order valence-electron chi connectivity index (χ1n) is 9.96. The third-order valence-electron chi connectivity index (χ3n) is 6.16. The number of fused-ring (bicyclic) bond motifs is 3. The summed E-state index contributed by atoms with van der Waals surface area (Å²) in [5, 5.41) is 0. The molecule has 0 heteroatoms. The van der Waals surface area contributed by atoms with Crippen molar-refractivity contribution < 1.29 is 0 Å². The fourth-order valence-electron chi connectivity index (χ4n) is 4.61. The fourth-order valence-corrected chi connectivity index (χ4v) is 4.61. The molecule has 0 heterocycles. The Morgan fingerprint density at radius 1 is 0.536 bits per heavy atom. The quantitative estimate of drug-likeness (QED) is 0.344. The van der Waals surface area contributed by atoms with Crippen molar-refractivity contribution in [3.8, 4) is 33.4 Å². The minimum atomic E-state index is 0.0384. The first-order chi connectivity index (χ1) is 13.6. The Hall–Kier alpha value is -3.12. The van der Waals surface area contributed by atoms with Gasteiger partial charge in [0.1, 0.15) is 0 Å². The molecule has 0 aromatic heterocycles. The zero-order chi connectivity index (χ0) is 19.3. The molecular weight excluding hydrogens is 336 g/mol. The molecule has 136 valence electrons. The number of benzene rings is 4. The van der Waals surface area contributed by atoms with Crippen LogP contribution in [0, 0.1) is 6.92 Å². The van der Waals surface area contributed by atoms with Crippen LogP contribution in [0.1, 0.15) is 30.5 Å². The van der Waals surface area contributed by atoms with E-state index in [0.717, 1.165) is 0 Å². The van der Waals surface area contributed by atoms with E-state index in [1.807, 2.05) is 0 Å². The highest BCUT2D eigenvalue weighted by atomic mass is 14.4. The first kappa shape index (κ1) is 17.0. The highest BCUT2D eigenvalue weighted by molar-refractivity contribution is 5.92. The monoisotopic (exact) mass is 360 g/mol. The Balaban J connectivity index is 1.66. The summed E-state index contributed by atoms with van der Waals surface area (Å²) in [6, 6.07) is 33.2. The van der Waals surface area contributed by atoms with Gasteiger partial charge in [0.25, 0.3) is 0 Å². The van der Waals surface area contributed by atoms with E-state index in [2.05, 4.69) is 112 Å². The average Bonchev–Trinajstić information content (AvgIpc) is 2.96. The van der Waals surface area contributed by atoms with Crippen molar-refractivity contribution in [1.82, 2.24) is 0 Å². The van der Waals surface area contributed by atoms with E-state index in [1.54, 1.807) is 0 Å². The number of rotatable bonds is 2. The van der Waals surface area contributed by atoms with Gasteiger partial charge in [-0.3, -0.25) is 0 Å². The van der Waals surface area contributed by atoms with Crippen LogP contribution in [0.3, 0.4) is 0 Å². The van der Waals surface area contributed by atoms with Crippen molar-refractivity contribution in [3.63, 3.8) is 0 Å². The average molecular weight is 361 g/mol. The lowest BCUT2D eigenvalue weighted by Crippen LogP contribution is -2.15. The molecule has 0 spiro atoms. The maximum atomic E-state index is 2.36. The van der Waals surface area contributed by atoms with Crippen molar-refractivity contribution >= 4 is 0 Å². The molecule has 0 saturated heterocycles. The van der Waals surface area contributed by atoms with E-state index in [9.17, 15) is 0 Å². The van der Waals surface area contributed by atoms with Gasteiger partial charge in [0, 0.05) is 5.41 Å². The minimum absolute atomic E-state index is 0.0384. The van der Waals surface area contributed by atoms with Crippen LogP contribution in [0.25, 0.3) is 33.4 Å². The predicted octanol–water partition coefficient (Wildman–Crippen LogP) is 7.64. The molecule has 4 aromatic rings. The van der Waals surface area contributed by atoms with Gasteiger partial charge in [-0.1, -0.05) is 110 Å². The van der Waals surface area contributed by atoms with Crippen LogP contribution in [0.15, 0.2) is 91.0 Å². The fraction of sp³-hybridized carbons (Fsp3) is 0.143. The van der Waals surface area contributed by atoms with Crippen LogP contribution in [0.4, 0.5) is 0 Å². The van der Waals surface area contributed by atoms with Gasteiger partial charge < -0.3 is 0 Å². The third-order valence-corrected chi connectivity index (χ3v) is 6.16. The van der Waals surface area contributed by atoms with Crippen LogP contribution < -0.4 is 0 Å². The number of hydrogen-bond donors (Lipinski definition) is 0. The zero-order valence-electron chi connectivity index (χ0n) is 16.7. The van der Waals surface area contributed by atoms with E-state index in [1.165, 1.54) is 50.1 Å². The van der Waals surface area contributed by atoms with Crippen LogP contribution in [0.2, 0.25) is 0 Å². The van der Waals surface area contributed by atoms with Gasteiger partial charge in [-0.15, -0.1) is 0 Å². The van der Waals surface area contributed by atoms with E-state index in [4.69, 9.17) is 0 Å². The van der Waals surface area contributed by atoms with Gasteiger partial charge >= 0.3 is 0 Å². The lowest BCUT2D eigenvalue weighted by atomic mass is 9.81. The topological polar surface area (TPSA) is 0 Å². The summed E-state index contributed by atoms with van der Waals surface area (Å²) < 4.78 is 0. The van der Waals surface area contributed by atoms with Gasteiger partial charge in [-0.2, -0.15) is 0 Å². The van der Waals surface area contributed by atoms with Crippen LogP contribution >= 0.6 is 0 Å². The zero-order valence-corrected chi connectivity index (χ0v) is 16.7. The van der Waals surface area contributed by atoms with Crippen LogP contribution in [0.5, 0.6) is 0 Å². The molecule has 1 aliphatic carbocycles. The summed E-state index contributed by atoms with van der Waals surface area (Å²) in [5.74, 6) is 0. The molecule has 0 amide bonds. The van der Waals surface area contributed by atoms with Crippen molar-refractivity contribution in [3.05, 3.63) is 108 Å². The molecule has 5 rings (SSSR count). The molecule has 0 aliphatic heterocycles. The molecule has 0 atom stereocenters. The van der Waals surface area contributed by atoms with E-state index in [0.29, 0.717) is 0 Å². The maximum Gasteiger partial charge on any atom is 0.0159 e. The molecular formula is C28H24. The lowest BCUT2D eigenvalue weighted by molar-refractivity contribution is 0.660. The van der Waals surface area contributed by atoms with Gasteiger partial charge in [-0.25, -0.2) is 0 Å². The van der Waals surface area contributed by atoms with E-state index in [-0.39, 0.29) is 5.41 Å². The van der Waals surface area contributed by atoms with Gasteiger partial charge in [0.15, 0.2) is 0 Å². The maximum absolute atomic E-state index is 2.36. The summed E-state index contributed by atoms with van der Waals surface area (Å²) in [5.41, 5.74) is 12.1. The van der Waals surface area contributed by atoms with Gasteiger partial charge in [0.2, 0.25) is 0 Å². The number of aryl methyl sites for hydroxylation is 1. The second kappa shape index (κ2) is 6.21. The summed E-state index contributed by atoms with van der Waals surface area (Å²) >= 11 is 0. The first-order valence-corrected chi connectivity index (χ1v) is 9.96. The molecule has 0 bridgehead atoms. The molecule has 0 unspecified atom stereocenters. The summed E-state index contributed by atoms with van der Waals surface area (Å²) in [6.45, 7) is 6.88. The van der Waals surface area contributed by atoms with Gasteiger partial charge in [0.05, 0.1) is 0 Å². The lowest BCUT2D eigenvalue weighted by Gasteiger charge is -2.22. The Kier molecular flexibility index (Phi) is 3.77. The van der Waals surface area contributed by atoms with Gasteiger partial charge in [-0.05, 0) is 51.4 Å². The van der Waals surface area contributed by atoms with Crippen LogP contribution in [-0.2, 0) is 5.41 Å². The smallest absolute Gasteiger partial charge is 0.0159 e. The molecule has 0 N–H and O–H groups in total. The second-order valence-corrected chi connectivity index (χ2v) is 8.35. The van der Waals surface area contributed by atoms with Crippen molar-refractivity contribution in [2.45, 2.75) is 26.2 Å². The molecule has 0 nitrogen and oxygen atoms in total. The normalized spacial score (nSPS) is 13.8. The second-order valence-electron chi connectivity index (χ2n) is 8.35. The van der Waals surface area contributed by atoms with Crippen molar-refractivity contribution in [2.24, 2.45) is 0 Å². The van der Waals surface area contributed by atoms with Crippen molar-refractivity contribution in [1.29, 1.82) is 0 Å². The summed E-state index contributed by atoms with van der Waals surface area (Å²) in [4.78, 5) is 0. The Bertz CT molecular complexity index is 1160. The Labute approximate surface area is 167 Å². The standard InChI is InChI=1S/C28H24/c1-19-12-17-24-26(18-19)28(2,3)25-11-7-10-23(27(24)25)22-15-13-21(14-16-22)20-8-5-4-6-9-20/h4-18H,1-3H3. The SMILES string of the molecule is Cc1ccc2c(c1)C(C)(C)c1cccc(-c3ccc(-c4ccccc4)cc3)c1-2. The number of hydrogen-bond acceptors (Lipinski definition) is 0. The Morgan fingerprint density at radius 2 is 1.21 bits per heavy atom. The minimum Gasteiger partial charge on any atom is -0.0622 e. The van der Waals surface area contributed by atoms with Crippen LogP contribution in [-0.4, -0.2) is 0 Å².